The predicted octanol–water partition coefficient (Wildman–Crippen LogP) is 6.02. The molecule has 0 aromatic heterocycles. The molecule has 25 heavy (non-hydrogen) atoms. The first-order chi connectivity index (χ1) is 11.8. The highest BCUT2D eigenvalue weighted by molar-refractivity contribution is 9.10. The van der Waals surface area contributed by atoms with Crippen LogP contribution in [0.5, 0.6) is 0 Å². The molecular formula is C22H25BrN2. The normalized spacial score (nSPS) is 22.4. The Bertz CT molecular complexity index is 783. The van der Waals surface area contributed by atoms with E-state index in [1.165, 1.54) is 11.1 Å². The third kappa shape index (κ3) is 4.40. The van der Waals surface area contributed by atoms with Crippen LogP contribution in [0.15, 0.2) is 75.8 Å². The fourth-order valence-electron chi connectivity index (χ4n) is 3.32. The number of allylic oxidation sites excluding steroid dienone is 2. The second-order valence-corrected chi connectivity index (χ2v) is 8.52. The predicted molar refractivity (Wildman–Crippen MR) is 110 cm³/mol. The first-order valence-corrected chi connectivity index (χ1v) is 9.48. The number of rotatable bonds is 2. The molecule has 1 aliphatic rings. The zero-order valence-corrected chi connectivity index (χ0v) is 16.8. The topological polar surface area (TPSA) is 24.4 Å². The fourth-order valence-corrected chi connectivity index (χ4v) is 3.58. The summed E-state index contributed by atoms with van der Waals surface area (Å²) in [6, 6.07) is 19.3. The molecule has 1 N–H and O–H groups in total. The van der Waals surface area contributed by atoms with Crippen LogP contribution in [0.4, 0.5) is 0 Å². The highest BCUT2D eigenvalue weighted by atomic mass is 79.9. The fraction of sp³-hybridized carbons (Fsp3) is 0.318. The largest absolute Gasteiger partial charge is 0.348 e. The van der Waals surface area contributed by atoms with Crippen molar-refractivity contribution in [2.75, 3.05) is 0 Å². The lowest BCUT2D eigenvalue weighted by molar-refractivity contribution is 0.568. The van der Waals surface area contributed by atoms with E-state index in [4.69, 9.17) is 4.99 Å². The molecule has 0 radical (unpaired) electrons. The Hall–Kier alpha value is -1.87. The van der Waals surface area contributed by atoms with Crippen LogP contribution in [0.2, 0.25) is 0 Å². The minimum Gasteiger partial charge on any atom is -0.348 e. The molecule has 0 spiro atoms. The third-order valence-corrected chi connectivity index (χ3v) is 4.81. The number of aliphatic imine (C=N–C) groups is 1. The van der Waals surface area contributed by atoms with Crippen molar-refractivity contribution in [1.29, 1.82) is 0 Å². The zero-order chi connectivity index (χ0) is 18.0. The molecular weight excluding hydrogens is 372 g/mol. The van der Waals surface area contributed by atoms with E-state index in [1.54, 1.807) is 0 Å². The minimum atomic E-state index is -0.130. The molecule has 0 saturated carbocycles. The van der Waals surface area contributed by atoms with Gasteiger partial charge in [-0.25, -0.2) is 0 Å². The van der Waals surface area contributed by atoms with Crippen molar-refractivity contribution in [1.82, 2.24) is 5.32 Å². The van der Waals surface area contributed by atoms with Crippen LogP contribution in [-0.2, 0) is 0 Å². The summed E-state index contributed by atoms with van der Waals surface area (Å²) in [7, 11) is 0. The van der Waals surface area contributed by atoms with Gasteiger partial charge in [-0.2, -0.15) is 0 Å². The molecule has 2 aromatic rings. The Labute approximate surface area is 159 Å². The Kier molecular flexibility index (Phi) is 5.14. The number of hydrogen-bond donors (Lipinski definition) is 1. The molecule has 0 fully saturated rings. The van der Waals surface area contributed by atoms with E-state index in [2.05, 4.69) is 110 Å². The molecule has 130 valence electrons. The van der Waals surface area contributed by atoms with Crippen molar-refractivity contribution in [3.63, 3.8) is 0 Å². The molecule has 2 nitrogen and oxygen atoms in total. The molecule has 0 saturated heterocycles. The maximum atomic E-state index is 5.03. The Morgan fingerprint density at radius 1 is 0.920 bits per heavy atom. The Morgan fingerprint density at radius 3 is 2.16 bits per heavy atom. The van der Waals surface area contributed by atoms with E-state index in [1.807, 2.05) is 0 Å². The van der Waals surface area contributed by atoms with Gasteiger partial charge in [-0.1, -0.05) is 64.5 Å². The second-order valence-electron chi connectivity index (χ2n) is 7.61. The van der Waals surface area contributed by atoms with Gasteiger partial charge in [0.05, 0.1) is 11.5 Å². The van der Waals surface area contributed by atoms with Crippen LogP contribution in [0.3, 0.4) is 0 Å². The van der Waals surface area contributed by atoms with E-state index in [0.29, 0.717) is 0 Å². The van der Waals surface area contributed by atoms with Gasteiger partial charge in [-0.05, 0) is 51.0 Å². The Morgan fingerprint density at radius 2 is 1.56 bits per heavy atom. The first kappa shape index (κ1) is 17.9. The lowest BCUT2D eigenvalue weighted by atomic mass is 9.78. The van der Waals surface area contributed by atoms with Gasteiger partial charge in [0.15, 0.2) is 0 Å². The van der Waals surface area contributed by atoms with Crippen LogP contribution in [0.25, 0.3) is 0 Å². The average molecular weight is 397 g/mol. The van der Waals surface area contributed by atoms with Crippen LogP contribution in [0, 0.1) is 0 Å². The summed E-state index contributed by atoms with van der Waals surface area (Å²) in [5.74, 6) is 1.49. The monoisotopic (exact) mass is 396 g/mol. The highest BCUT2D eigenvalue weighted by Crippen LogP contribution is 2.39. The maximum Gasteiger partial charge on any atom is 0.110 e. The maximum absolute atomic E-state index is 5.03. The standard InChI is InChI=1S/C22H25BrN2/c1-15-14-19(16-8-6-5-7-9-16)20(17-10-12-18(23)13-11-17)21(24-15)25-22(2,3)4/h5-14,19-20H,1-4H3,(H,24,25). The molecule has 2 aromatic carbocycles. The minimum absolute atomic E-state index is 0.130. The summed E-state index contributed by atoms with van der Waals surface area (Å²) in [4.78, 5) is 5.03. The van der Waals surface area contributed by atoms with Crippen molar-refractivity contribution in [3.05, 3.63) is 82.0 Å². The van der Waals surface area contributed by atoms with Crippen molar-refractivity contribution in [3.8, 4) is 0 Å². The molecule has 1 heterocycles. The van der Waals surface area contributed by atoms with E-state index in [9.17, 15) is 0 Å². The van der Waals surface area contributed by atoms with Gasteiger partial charge < -0.3 is 5.32 Å². The van der Waals surface area contributed by atoms with Crippen LogP contribution >= 0.6 is 15.9 Å². The summed E-state index contributed by atoms with van der Waals surface area (Å²) in [5, 5.41) is 3.54. The molecule has 0 bridgehead atoms. The van der Waals surface area contributed by atoms with Gasteiger partial charge in [0.25, 0.3) is 0 Å². The molecule has 1 aliphatic heterocycles. The highest BCUT2D eigenvalue weighted by Gasteiger charge is 2.32. The van der Waals surface area contributed by atoms with Crippen LogP contribution in [-0.4, -0.2) is 11.4 Å². The zero-order valence-electron chi connectivity index (χ0n) is 15.3. The lowest BCUT2D eigenvalue weighted by Gasteiger charge is -2.34. The molecule has 2 atom stereocenters. The lowest BCUT2D eigenvalue weighted by Crippen LogP contribution is -2.37. The molecule has 0 aliphatic carbocycles. The molecule has 0 amide bonds. The van der Waals surface area contributed by atoms with Gasteiger partial charge in [0.1, 0.15) is 5.84 Å². The van der Waals surface area contributed by atoms with Crippen molar-refractivity contribution in [2.24, 2.45) is 4.99 Å². The quantitative estimate of drug-likeness (QED) is 0.658. The van der Waals surface area contributed by atoms with Crippen molar-refractivity contribution in [2.45, 2.75) is 45.1 Å². The van der Waals surface area contributed by atoms with Gasteiger partial charge >= 0.3 is 0 Å². The summed E-state index contributed by atoms with van der Waals surface area (Å²) >= 11 is 3.55. The molecule has 3 rings (SSSR count). The number of hydrogen-bond acceptors (Lipinski definition) is 1. The SMILES string of the molecule is CC1=CC(c2ccccc2)C(c2ccc(Br)cc2)C(=NC(C)(C)C)N1. The summed E-state index contributed by atoms with van der Waals surface area (Å²) in [6.07, 6.45) is 2.32. The second kappa shape index (κ2) is 7.17. The summed E-state index contributed by atoms with van der Waals surface area (Å²) in [5.41, 5.74) is 3.62. The summed E-state index contributed by atoms with van der Waals surface area (Å²) in [6.45, 7) is 8.55. The third-order valence-electron chi connectivity index (χ3n) is 4.28. The van der Waals surface area contributed by atoms with Crippen LogP contribution in [0.1, 0.15) is 50.7 Å². The molecule has 2 unspecified atom stereocenters. The van der Waals surface area contributed by atoms with E-state index in [0.717, 1.165) is 16.0 Å². The number of halogens is 1. The van der Waals surface area contributed by atoms with E-state index in [-0.39, 0.29) is 17.4 Å². The van der Waals surface area contributed by atoms with Gasteiger partial charge in [-0.3, -0.25) is 4.99 Å². The first-order valence-electron chi connectivity index (χ1n) is 8.69. The van der Waals surface area contributed by atoms with Gasteiger partial charge in [0.2, 0.25) is 0 Å². The van der Waals surface area contributed by atoms with E-state index < -0.39 is 0 Å². The number of benzene rings is 2. The van der Waals surface area contributed by atoms with Crippen molar-refractivity contribution < 1.29 is 0 Å². The molecule has 3 heteroatoms. The van der Waals surface area contributed by atoms with E-state index >= 15 is 0 Å². The van der Waals surface area contributed by atoms with Crippen LogP contribution < -0.4 is 5.32 Å². The Balaban J connectivity index is 2.15. The summed E-state index contributed by atoms with van der Waals surface area (Å²) < 4.78 is 1.09. The average Bonchev–Trinajstić information content (AvgIpc) is 2.55. The van der Waals surface area contributed by atoms with Gasteiger partial charge in [0, 0.05) is 16.1 Å². The number of nitrogens with zero attached hydrogens (tertiary/aromatic N) is 1. The number of amidine groups is 1. The number of nitrogens with one attached hydrogen (secondary N) is 1. The van der Waals surface area contributed by atoms with Crippen molar-refractivity contribution >= 4 is 21.8 Å². The smallest absolute Gasteiger partial charge is 0.110 e. The van der Waals surface area contributed by atoms with Gasteiger partial charge in [-0.15, -0.1) is 0 Å².